The Kier molecular flexibility index (Phi) is 5.75. The zero-order valence-corrected chi connectivity index (χ0v) is 13.7. The summed E-state index contributed by atoms with van der Waals surface area (Å²) in [7, 11) is 0. The van der Waals surface area contributed by atoms with Crippen LogP contribution in [-0.2, 0) is 13.1 Å². The van der Waals surface area contributed by atoms with E-state index in [4.69, 9.17) is 0 Å². The van der Waals surface area contributed by atoms with E-state index in [1.165, 1.54) is 24.3 Å². The number of hydrogen-bond acceptors (Lipinski definition) is 4. The van der Waals surface area contributed by atoms with Crippen LogP contribution in [0.15, 0.2) is 24.3 Å². The van der Waals surface area contributed by atoms with E-state index in [9.17, 15) is 24.1 Å². The summed E-state index contributed by atoms with van der Waals surface area (Å²) in [4.78, 5) is 1.70. The van der Waals surface area contributed by atoms with Crippen molar-refractivity contribution < 1.29 is 24.1 Å². The Morgan fingerprint density at radius 2 is 1.25 bits per heavy atom. The molecule has 0 saturated heterocycles. The second kappa shape index (κ2) is 7.59. The van der Waals surface area contributed by atoms with Gasteiger partial charge >= 0.3 is 0 Å². The third-order valence-electron chi connectivity index (χ3n) is 3.89. The SMILES string of the molecule is Cc1cc(F)cc(CN(CCO)Cc2cc(F)cc(C)c2O)c1O. The van der Waals surface area contributed by atoms with E-state index < -0.39 is 11.6 Å². The summed E-state index contributed by atoms with van der Waals surface area (Å²) in [5, 5.41) is 29.4. The molecule has 3 N–H and O–H groups in total. The van der Waals surface area contributed by atoms with Gasteiger partial charge < -0.3 is 15.3 Å². The third kappa shape index (κ3) is 4.21. The highest BCUT2D eigenvalue weighted by atomic mass is 19.1. The Labute approximate surface area is 139 Å². The van der Waals surface area contributed by atoms with Gasteiger partial charge in [-0.2, -0.15) is 0 Å². The van der Waals surface area contributed by atoms with Crippen LogP contribution in [0.5, 0.6) is 11.5 Å². The van der Waals surface area contributed by atoms with E-state index >= 15 is 0 Å². The summed E-state index contributed by atoms with van der Waals surface area (Å²) in [5.74, 6) is -0.958. The molecule has 6 heteroatoms. The molecule has 0 aliphatic carbocycles. The number of phenolic OH excluding ortho intramolecular Hbond substituents is 2. The van der Waals surface area contributed by atoms with E-state index in [-0.39, 0.29) is 37.7 Å². The molecule has 24 heavy (non-hydrogen) atoms. The zero-order chi connectivity index (χ0) is 17.9. The minimum Gasteiger partial charge on any atom is -0.507 e. The van der Waals surface area contributed by atoms with E-state index in [2.05, 4.69) is 0 Å². The molecule has 0 heterocycles. The molecule has 4 nitrogen and oxygen atoms in total. The predicted octanol–water partition coefficient (Wildman–Crippen LogP) is 2.99. The summed E-state index contributed by atoms with van der Waals surface area (Å²) in [6.07, 6.45) is 0. The van der Waals surface area contributed by atoms with Gasteiger partial charge in [-0.1, -0.05) is 0 Å². The summed E-state index contributed by atoms with van der Waals surface area (Å²) in [5.41, 5.74) is 1.57. The lowest BCUT2D eigenvalue weighted by atomic mass is 10.1. The molecule has 130 valence electrons. The van der Waals surface area contributed by atoms with Gasteiger partial charge in [0.05, 0.1) is 6.61 Å². The highest BCUT2D eigenvalue weighted by molar-refractivity contribution is 5.41. The highest BCUT2D eigenvalue weighted by Gasteiger charge is 2.15. The van der Waals surface area contributed by atoms with Crippen molar-refractivity contribution in [2.45, 2.75) is 26.9 Å². The summed E-state index contributed by atoms with van der Waals surface area (Å²) >= 11 is 0. The predicted molar refractivity (Wildman–Crippen MR) is 86.8 cm³/mol. The molecule has 2 aromatic rings. The quantitative estimate of drug-likeness (QED) is 0.758. The minimum atomic E-state index is -0.464. The van der Waals surface area contributed by atoms with Crippen LogP contribution in [0.3, 0.4) is 0 Å². The monoisotopic (exact) mass is 337 g/mol. The van der Waals surface area contributed by atoms with Crippen LogP contribution in [0.2, 0.25) is 0 Å². The highest BCUT2D eigenvalue weighted by Crippen LogP contribution is 2.28. The fourth-order valence-electron chi connectivity index (χ4n) is 2.69. The van der Waals surface area contributed by atoms with Gasteiger partial charge in [0.1, 0.15) is 23.1 Å². The van der Waals surface area contributed by atoms with Gasteiger partial charge in [-0.15, -0.1) is 0 Å². The molecular weight excluding hydrogens is 316 g/mol. The molecule has 0 bridgehead atoms. The van der Waals surface area contributed by atoms with E-state index in [1.54, 1.807) is 18.7 Å². The molecule has 0 aliphatic rings. The van der Waals surface area contributed by atoms with Crippen LogP contribution in [0.4, 0.5) is 8.78 Å². The van der Waals surface area contributed by atoms with Crippen LogP contribution in [0, 0.1) is 25.5 Å². The van der Waals surface area contributed by atoms with Crippen molar-refractivity contribution in [2.75, 3.05) is 13.2 Å². The van der Waals surface area contributed by atoms with Gasteiger partial charge in [0.25, 0.3) is 0 Å². The van der Waals surface area contributed by atoms with Crippen LogP contribution in [0.25, 0.3) is 0 Å². The molecule has 0 saturated carbocycles. The lowest BCUT2D eigenvalue weighted by molar-refractivity contribution is 0.181. The number of aryl methyl sites for hydroxylation is 2. The number of aliphatic hydroxyl groups is 1. The molecule has 0 fully saturated rings. The van der Waals surface area contributed by atoms with Crippen LogP contribution >= 0.6 is 0 Å². The van der Waals surface area contributed by atoms with Crippen molar-refractivity contribution in [3.8, 4) is 11.5 Å². The normalized spacial score (nSPS) is 11.2. The summed E-state index contributed by atoms with van der Waals surface area (Å²) < 4.78 is 27.1. The Balaban J connectivity index is 2.28. The largest absolute Gasteiger partial charge is 0.507 e. The fraction of sp³-hybridized carbons (Fsp3) is 0.333. The van der Waals surface area contributed by atoms with Crippen molar-refractivity contribution in [3.05, 3.63) is 58.2 Å². The summed E-state index contributed by atoms with van der Waals surface area (Å²) in [6.45, 7) is 3.56. The van der Waals surface area contributed by atoms with Gasteiger partial charge in [-0.05, 0) is 49.2 Å². The van der Waals surface area contributed by atoms with Gasteiger partial charge in [0.2, 0.25) is 0 Å². The molecule has 0 unspecified atom stereocenters. The van der Waals surface area contributed by atoms with E-state index in [0.717, 1.165) is 0 Å². The number of halogens is 2. The Bertz CT molecular complexity index is 675. The van der Waals surface area contributed by atoms with Crippen molar-refractivity contribution in [1.29, 1.82) is 0 Å². The Hall–Kier alpha value is -2.18. The average Bonchev–Trinajstić information content (AvgIpc) is 2.49. The maximum absolute atomic E-state index is 13.6. The zero-order valence-electron chi connectivity index (χ0n) is 13.7. The number of benzene rings is 2. The fourth-order valence-corrected chi connectivity index (χ4v) is 2.69. The molecule has 0 spiro atoms. The maximum Gasteiger partial charge on any atom is 0.124 e. The van der Waals surface area contributed by atoms with Gasteiger partial charge in [0, 0.05) is 30.8 Å². The first-order valence-corrected chi connectivity index (χ1v) is 7.61. The third-order valence-corrected chi connectivity index (χ3v) is 3.89. The molecule has 2 aromatic carbocycles. The Morgan fingerprint density at radius 1 is 0.833 bits per heavy atom. The maximum atomic E-state index is 13.6. The number of nitrogens with zero attached hydrogens (tertiary/aromatic N) is 1. The van der Waals surface area contributed by atoms with Gasteiger partial charge in [0.15, 0.2) is 0 Å². The number of hydrogen-bond donors (Lipinski definition) is 3. The van der Waals surface area contributed by atoms with Crippen LogP contribution < -0.4 is 0 Å². The first-order valence-electron chi connectivity index (χ1n) is 7.61. The molecule has 0 aromatic heterocycles. The summed E-state index contributed by atoms with van der Waals surface area (Å²) in [6, 6.07) is 4.92. The van der Waals surface area contributed by atoms with Crippen LogP contribution in [-0.4, -0.2) is 33.4 Å². The Morgan fingerprint density at radius 3 is 1.62 bits per heavy atom. The van der Waals surface area contributed by atoms with Gasteiger partial charge in [-0.25, -0.2) is 8.78 Å². The smallest absolute Gasteiger partial charge is 0.124 e. The minimum absolute atomic E-state index is 0.0148. The topological polar surface area (TPSA) is 63.9 Å². The van der Waals surface area contributed by atoms with Gasteiger partial charge in [-0.3, -0.25) is 4.90 Å². The van der Waals surface area contributed by atoms with Crippen LogP contribution in [0.1, 0.15) is 22.3 Å². The van der Waals surface area contributed by atoms with E-state index in [0.29, 0.717) is 22.3 Å². The molecule has 0 radical (unpaired) electrons. The molecular formula is C18H21F2NO3. The second-order valence-electron chi connectivity index (χ2n) is 5.90. The van der Waals surface area contributed by atoms with Crippen molar-refractivity contribution in [2.24, 2.45) is 0 Å². The lowest BCUT2D eigenvalue weighted by Crippen LogP contribution is -2.26. The molecule has 0 atom stereocenters. The molecule has 2 rings (SSSR count). The standard InChI is InChI=1S/C18H21F2NO3/c1-11-5-15(19)7-13(17(11)23)9-21(3-4-22)10-14-8-16(20)6-12(2)18(14)24/h5-8,22-24H,3-4,9-10H2,1-2H3. The average molecular weight is 337 g/mol. The van der Waals surface area contributed by atoms with Crippen molar-refractivity contribution >= 4 is 0 Å². The number of aromatic hydroxyl groups is 2. The first kappa shape index (κ1) is 18.2. The van der Waals surface area contributed by atoms with Crippen molar-refractivity contribution in [3.63, 3.8) is 0 Å². The second-order valence-corrected chi connectivity index (χ2v) is 5.90. The molecule has 0 amide bonds. The molecule has 0 aliphatic heterocycles. The number of phenols is 2. The lowest BCUT2D eigenvalue weighted by Gasteiger charge is -2.23. The first-order chi connectivity index (χ1) is 11.3. The van der Waals surface area contributed by atoms with E-state index in [1.807, 2.05) is 0 Å². The van der Waals surface area contributed by atoms with Crippen molar-refractivity contribution in [1.82, 2.24) is 4.90 Å². The number of rotatable bonds is 6. The number of aliphatic hydroxyl groups excluding tert-OH is 1.